The molecule has 0 spiro atoms. The van der Waals surface area contributed by atoms with Gasteiger partial charge in [-0.25, -0.2) is 0 Å². The normalized spacial score (nSPS) is 12.2. The van der Waals surface area contributed by atoms with E-state index in [9.17, 15) is 0 Å². The third-order valence-corrected chi connectivity index (χ3v) is 3.68. The summed E-state index contributed by atoms with van der Waals surface area (Å²) < 4.78 is 5.72. The lowest BCUT2D eigenvalue weighted by molar-refractivity contribution is 0.482. The van der Waals surface area contributed by atoms with E-state index in [1.807, 2.05) is 25.2 Å². The maximum atomic E-state index is 6.24. The van der Waals surface area contributed by atoms with Crippen LogP contribution < -0.4 is 10.1 Å². The highest BCUT2D eigenvalue weighted by atomic mass is 35.5. The summed E-state index contributed by atoms with van der Waals surface area (Å²) in [5.41, 5.74) is 1.09. The van der Waals surface area contributed by atoms with Gasteiger partial charge in [0.05, 0.1) is 5.02 Å². The Bertz CT molecular complexity index is 596. The Morgan fingerprint density at radius 1 is 1.00 bits per heavy atom. The molecule has 0 amide bonds. The van der Waals surface area contributed by atoms with Gasteiger partial charge < -0.3 is 10.1 Å². The van der Waals surface area contributed by atoms with Crippen LogP contribution >= 0.6 is 34.8 Å². The van der Waals surface area contributed by atoms with Gasteiger partial charge in [-0.2, -0.15) is 0 Å². The first-order valence-electron chi connectivity index (χ1n) is 6.10. The van der Waals surface area contributed by atoms with Crippen LogP contribution in [0.4, 0.5) is 0 Å². The zero-order valence-corrected chi connectivity index (χ0v) is 13.4. The number of hydrogen-bond acceptors (Lipinski definition) is 2. The lowest BCUT2D eigenvalue weighted by atomic mass is 10.1. The van der Waals surface area contributed by atoms with Crippen LogP contribution in [-0.2, 0) is 0 Å². The molecule has 1 unspecified atom stereocenters. The van der Waals surface area contributed by atoms with Crippen molar-refractivity contribution in [2.24, 2.45) is 0 Å². The first kappa shape index (κ1) is 15.5. The summed E-state index contributed by atoms with van der Waals surface area (Å²) in [5.74, 6) is 1.12. The largest absolute Gasteiger partial charge is 0.456 e. The van der Waals surface area contributed by atoms with Gasteiger partial charge in [-0.1, -0.05) is 40.9 Å². The maximum Gasteiger partial charge on any atom is 0.146 e. The van der Waals surface area contributed by atoms with Crippen molar-refractivity contribution in [3.8, 4) is 11.5 Å². The molecule has 5 heteroatoms. The van der Waals surface area contributed by atoms with E-state index in [4.69, 9.17) is 39.5 Å². The van der Waals surface area contributed by atoms with Crippen molar-refractivity contribution in [1.29, 1.82) is 0 Å². The Morgan fingerprint density at radius 3 is 2.20 bits per heavy atom. The highest BCUT2D eigenvalue weighted by Crippen LogP contribution is 2.33. The molecule has 2 aromatic carbocycles. The molecule has 0 aliphatic carbocycles. The zero-order chi connectivity index (χ0) is 14.7. The average molecular weight is 331 g/mol. The Kier molecular flexibility index (Phi) is 5.17. The quantitative estimate of drug-likeness (QED) is 0.774. The average Bonchev–Trinajstić information content (AvgIpc) is 2.39. The molecule has 2 nitrogen and oxygen atoms in total. The van der Waals surface area contributed by atoms with Gasteiger partial charge in [0.1, 0.15) is 11.5 Å². The molecular formula is C15H14Cl3NO. The zero-order valence-electron chi connectivity index (χ0n) is 11.1. The van der Waals surface area contributed by atoms with Gasteiger partial charge in [-0.05, 0) is 49.9 Å². The van der Waals surface area contributed by atoms with Gasteiger partial charge in [0, 0.05) is 16.1 Å². The van der Waals surface area contributed by atoms with E-state index in [0.717, 1.165) is 5.56 Å². The molecular weight excluding hydrogens is 317 g/mol. The third kappa shape index (κ3) is 3.80. The van der Waals surface area contributed by atoms with Crippen LogP contribution in [0.25, 0.3) is 0 Å². The fourth-order valence-corrected chi connectivity index (χ4v) is 2.48. The minimum Gasteiger partial charge on any atom is -0.456 e. The molecule has 0 saturated heterocycles. The van der Waals surface area contributed by atoms with E-state index in [0.29, 0.717) is 26.6 Å². The first-order chi connectivity index (χ1) is 9.49. The van der Waals surface area contributed by atoms with Gasteiger partial charge in [-0.3, -0.25) is 0 Å². The summed E-state index contributed by atoms with van der Waals surface area (Å²) in [6.45, 7) is 2.06. The molecule has 0 saturated carbocycles. The maximum absolute atomic E-state index is 6.24. The van der Waals surface area contributed by atoms with Crippen molar-refractivity contribution in [2.45, 2.75) is 13.0 Å². The molecule has 2 aromatic rings. The summed E-state index contributed by atoms with van der Waals surface area (Å²) >= 11 is 18.1. The summed E-state index contributed by atoms with van der Waals surface area (Å²) in [6.07, 6.45) is 0. The number of halogens is 3. The molecule has 20 heavy (non-hydrogen) atoms. The Labute approximate surface area is 133 Å². The molecule has 0 aliphatic heterocycles. The first-order valence-corrected chi connectivity index (χ1v) is 7.23. The summed E-state index contributed by atoms with van der Waals surface area (Å²) in [6, 6.07) is 10.9. The van der Waals surface area contributed by atoms with Gasteiger partial charge >= 0.3 is 0 Å². The van der Waals surface area contributed by atoms with E-state index in [2.05, 4.69) is 12.2 Å². The molecule has 1 atom stereocenters. The summed E-state index contributed by atoms with van der Waals surface area (Å²) in [4.78, 5) is 0. The van der Waals surface area contributed by atoms with Crippen LogP contribution in [0.2, 0.25) is 15.1 Å². The van der Waals surface area contributed by atoms with Crippen LogP contribution in [0.3, 0.4) is 0 Å². The number of rotatable bonds is 4. The van der Waals surface area contributed by atoms with Crippen molar-refractivity contribution in [2.75, 3.05) is 7.05 Å². The van der Waals surface area contributed by atoms with Crippen LogP contribution in [0.1, 0.15) is 18.5 Å². The second kappa shape index (κ2) is 6.68. The Hall–Kier alpha value is -0.930. The number of benzene rings is 2. The van der Waals surface area contributed by atoms with E-state index in [-0.39, 0.29) is 6.04 Å². The molecule has 106 valence electrons. The molecule has 0 aliphatic rings. The molecule has 0 bridgehead atoms. The van der Waals surface area contributed by atoms with E-state index in [1.54, 1.807) is 18.2 Å². The molecule has 2 rings (SSSR count). The van der Waals surface area contributed by atoms with Gasteiger partial charge in [0.15, 0.2) is 0 Å². The van der Waals surface area contributed by atoms with Crippen LogP contribution in [0, 0.1) is 0 Å². The SMILES string of the molecule is CNC(C)c1ccc(Oc2cc(Cl)cc(Cl)c2)c(Cl)c1. The Balaban J connectivity index is 2.25. The third-order valence-electron chi connectivity index (χ3n) is 2.95. The number of ether oxygens (including phenoxy) is 1. The summed E-state index contributed by atoms with van der Waals surface area (Å²) in [5, 5.41) is 4.74. The van der Waals surface area contributed by atoms with E-state index in [1.165, 1.54) is 0 Å². The van der Waals surface area contributed by atoms with Crippen LogP contribution in [0.5, 0.6) is 11.5 Å². The van der Waals surface area contributed by atoms with Crippen LogP contribution in [-0.4, -0.2) is 7.05 Å². The molecule has 1 N–H and O–H groups in total. The van der Waals surface area contributed by atoms with E-state index >= 15 is 0 Å². The van der Waals surface area contributed by atoms with Crippen molar-refractivity contribution in [1.82, 2.24) is 5.32 Å². The highest BCUT2D eigenvalue weighted by molar-refractivity contribution is 6.34. The van der Waals surface area contributed by atoms with Gasteiger partial charge in [-0.15, -0.1) is 0 Å². The number of nitrogens with one attached hydrogen (secondary N) is 1. The fourth-order valence-electron chi connectivity index (χ4n) is 1.75. The Morgan fingerprint density at radius 2 is 1.65 bits per heavy atom. The molecule has 0 heterocycles. The van der Waals surface area contributed by atoms with E-state index < -0.39 is 0 Å². The van der Waals surface area contributed by atoms with Gasteiger partial charge in [0.2, 0.25) is 0 Å². The molecule has 0 fully saturated rings. The standard InChI is InChI=1S/C15H14Cl3NO/c1-9(19-2)10-3-4-15(14(18)5-10)20-13-7-11(16)6-12(17)8-13/h3-9,19H,1-2H3. The van der Waals surface area contributed by atoms with Crippen LogP contribution in [0.15, 0.2) is 36.4 Å². The minimum atomic E-state index is 0.224. The summed E-state index contributed by atoms with van der Waals surface area (Å²) in [7, 11) is 1.90. The highest BCUT2D eigenvalue weighted by Gasteiger charge is 2.09. The molecule has 0 aromatic heterocycles. The predicted molar refractivity (Wildman–Crippen MR) is 85.5 cm³/mol. The topological polar surface area (TPSA) is 21.3 Å². The van der Waals surface area contributed by atoms with Crippen molar-refractivity contribution in [3.05, 3.63) is 57.0 Å². The fraction of sp³-hybridized carbons (Fsp3) is 0.200. The van der Waals surface area contributed by atoms with Crippen molar-refractivity contribution < 1.29 is 4.74 Å². The monoisotopic (exact) mass is 329 g/mol. The molecule has 0 radical (unpaired) electrons. The number of hydrogen-bond donors (Lipinski definition) is 1. The second-order valence-corrected chi connectivity index (χ2v) is 5.69. The smallest absolute Gasteiger partial charge is 0.146 e. The van der Waals surface area contributed by atoms with Crippen molar-refractivity contribution in [3.63, 3.8) is 0 Å². The predicted octanol–water partition coefficient (Wildman–Crippen LogP) is 5.72. The minimum absolute atomic E-state index is 0.224. The lowest BCUT2D eigenvalue weighted by Gasteiger charge is -2.13. The lowest BCUT2D eigenvalue weighted by Crippen LogP contribution is -2.12. The van der Waals surface area contributed by atoms with Crippen molar-refractivity contribution >= 4 is 34.8 Å². The second-order valence-electron chi connectivity index (χ2n) is 4.41. The van der Waals surface area contributed by atoms with Gasteiger partial charge in [0.25, 0.3) is 0 Å².